The number of allylic oxidation sites excluding steroid dienone is 10. The normalized spacial score (nSPS) is 12.5. The average molecular weight is 797 g/mol. The van der Waals surface area contributed by atoms with Gasteiger partial charge in [0.05, 0.1) is 0 Å². The Labute approximate surface area is 351 Å². The Kier molecular flexibility index (Phi) is 43.5. The molecule has 6 heteroatoms. The van der Waals surface area contributed by atoms with E-state index in [9.17, 15) is 14.4 Å². The minimum absolute atomic E-state index is 0.0999. The lowest BCUT2D eigenvalue weighted by Crippen LogP contribution is -2.30. The maximum Gasteiger partial charge on any atom is 0.306 e. The predicted octanol–water partition coefficient (Wildman–Crippen LogP) is 15.3. The summed E-state index contributed by atoms with van der Waals surface area (Å²) in [6.45, 7) is 6.42. The average Bonchev–Trinajstić information content (AvgIpc) is 3.21. The summed E-state index contributed by atoms with van der Waals surface area (Å²) in [7, 11) is 0. The van der Waals surface area contributed by atoms with Gasteiger partial charge in [0.25, 0.3) is 0 Å². The van der Waals surface area contributed by atoms with Crippen molar-refractivity contribution in [1.82, 2.24) is 0 Å². The first-order valence-electron chi connectivity index (χ1n) is 23.9. The third kappa shape index (κ3) is 44.1. The summed E-state index contributed by atoms with van der Waals surface area (Å²) in [6.07, 6.45) is 55.0. The van der Waals surface area contributed by atoms with Gasteiger partial charge in [-0.1, -0.05) is 236 Å². The Morgan fingerprint density at radius 2 is 0.684 bits per heavy atom. The van der Waals surface area contributed by atoms with Crippen LogP contribution in [0, 0.1) is 0 Å². The van der Waals surface area contributed by atoms with Crippen LogP contribution in [0.15, 0.2) is 60.8 Å². The second kappa shape index (κ2) is 45.8. The maximum atomic E-state index is 12.7. The molecule has 1 atom stereocenters. The van der Waals surface area contributed by atoms with Gasteiger partial charge in [0.15, 0.2) is 6.10 Å². The molecule has 0 spiro atoms. The molecule has 0 aliphatic carbocycles. The number of carbonyl (C=O) groups is 3. The number of rotatable bonds is 42. The number of hydrogen-bond acceptors (Lipinski definition) is 6. The van der Waals surface area contributed by atoms with E-state index in [4.69, 9.17) is 14.2 Å². The largest absolute Gasteiger partial charge is 0.462 e. The van der Waals surface area contributed by atoms with Crippen LogP contribution in [0.4, 0.5) is 0 Å². The highest BCUT2D eigenvalue weighted by molar-refractivity contribution is 5.71. The fourth-order valence-corrected chi connectivity index (χ4v) is 6.59. The molecule has 0 saturated carbocycles. The lowest BCUT2D eigenvalue weighted by atomic mass is 10.0. The molecule has 0 amide bonds. The molecule has 6 nitrogen and oxygen atoms in total. The second-order valence-electron chi connectivity index (χ2n) is 15.8. The van der Waals surface area contributed by atoms with Crippen LogP contribution in [0.5, 0.6) is 0 Å². The highest BCUT2D eigenvalue weighted by Gasteiger charge is 2.19. The van der Waals surface area contributed by atoms with Crippen molar-refractivity contribution in [1.29, 1.82) is 0 Å². The smallest absolute Gasteiger partial charge is 0.306 e. The summed E-state index contributed by atoms with van der Waals surface area (Å²) >= 11 is 0. The Morgan fingerprint density at radius 1 is 0.368 bits per heavy atom. The van der Waals surface area contributed by atoms with Gasteiger partial charge in [-0.05, 0) is 32.1 Å². The molecule has 0 aliphatic rings. The monoisotopic (exact) mass is 797 g/mol. The molecule has 0 aromatic carbocycles. The van der Waals surface area contributed by atoms with Crippen LogP contribution in [0.1, 0.15) is 226 Å². The van der Waals surface area contributed by atoms with Crippen molar-refractivity contribution in [2.24, 2.45) is 0 Å². The van der Waals surface area contributed by atoms with Gasteiger partial charge < -0.3 is 14.2 Å². The van der Waals surface area contributed by atoms with Crippen molar-refractivity contribution in [3.8, 4) is 0 Å². The molecular formula is C51H88O6. The second-order valence-corrected chi connectivity index (χ2v) is 15.8. The molecule has 328 valence electrons. The van der Waals surface area contributed by atoms with E-state index in [1.165, 1.54) is 128 Å². The minimum Gasteiger partial charge on any atom is -0.462 e. The minimum atomic E-state index is -0.805. The molecule has 1 unspecified atom stereocenters. The highest BCUT2D eigenvalue weighted by Crippen LogP contribution is 2.15. The third-order valence-electron chi connectivity index (χ3n) is 10.2. The highest BCUT2D eigenvalue weighted by atomic mass is 16.6. The van der Waals surface area contributed by atoms with E-state index < -0.39 is 6.10 Å². The van der Waals surface area contributed by atoms with Gasteiger partial charge in [-0.25, -0.2) is 0 Å². The Hall–Kier alpha value is -2.89. The standard InChI is InChI=1S/C51H88O6/c1-4-7-10-13-16-19-22-24-25-26-28-29-32-35-38-41-44-50(53)56-47-48(46-55-49(52)43-40-37-34-31-21-18-15-12-9-6-3)57-51(54)45-42-39-36-33-30-27-23-20-17-14-11-8-5-2/h8,11,14,17,20,23,27,30,33,36,48H,4-7,9-10,12-13,15-16,18-19,21-22,24-26,28-29,31-32,34-35,37-47H2,1-3H3/b11-8-,17-14-,23-20-,30-27-,36-33-. The van der Waals surface area contributed by atoms with Crippen molar-refractivity contribution < 1.29 is 28.6 Å². The van der Waals surface area contributed by atoms with Gasteiger partial charge in [0.1, 0.15) is 13.2 Å². The van der Waals surface area contributed by atoms with Gasteiger partial charge in [0.2, 0.25) is 0 Å². The third-order valence-corrected chi connectivity index (χ3v) is 10.2. The predicted molar refractivity (Wildman–Crippen MR) is 242 cm³/mol. The van der Waals surface area contributed by atoms with Crippen molar-refractivity contribution in [3.05, 3.63) is 60.8 Å². The fourth-order valence-electron chi connectivity index (χ4n) is 6.59. The van der Waals surface area contributed by atoms with E-state index in [-0.39, 0.29) is 37.5 Å². The van der Waals surface area contributed by atoms with Crippen molar-refractivity contribution >= 4 is 17.9 Å². The van der Waals surface area contributed by atoms with Crippen molar-refractivity contribution in [3.63, 3.8) is 0 Å². The maximum absolute atomic E-state index is 12.7. The molecule has 0 bridgehead atoms. The quantitative estimate of drug-likeness (QED) is 0.0265. The molecular weight excluding hydrogens is 709 g/mol. The van der Waals surface area contributed by atoms with Crippen LogP contribution in [-0.2, 0) is 28.6 Å². The zero-order valence-corrected chi connectivity index (χ0v) is 37.3. The number of unbranched alkanes of at least 4 members (excludes halogenated alkanes) is 25. The first kappa shape index (κ1) is 54.1. The molecule has 0 aliphatic heterocycles. The summed E-state index contributed by atoms with van der Waals surface area (Å²) in [4.78, 5) is 37.7. The summed E-state index contributed by atoms with van der Waals surface area (Å²) < 4.78 is 16.7. The van der Waals surface area contributed by atoms with Gasteiger partial charge in [-0.15, -0.1) is 0 Å². The van der Waals surface area contributed by atoms with Gasteiger partial charge >= 0.3 is 17.9 Å². The summed E-state index contributed by atoms with van der Waals surface area (Å²) in [6, 6.07) is 0. The van der Waals surface area contributed by atoms with E-state index in [0.29, 0.717) is 19.3 Å². The summed E-state index contributed by atoms with van der Waals surface area (Å²) in [5.74, 6) is -0.974. The molecule has 0 fully saturated rings. The molecule has 0 rings (SSSR count). The van der Waals surface area contributed by atoms with Gasteiger partial charge in [0, 0.05) is 19.3 Å². The molecule has 0 saturated heterocycles. The van der Waals surface area contributed by atoms with Crippen molar-refractivity contribution in [2.75, 3.05) is 13.2 Å². The fraction of sp³-hybridized carbons (Fsp3) is 0.745. The van der Waals surface area contributed by atoms with Gasteiger partial charge in [-0.2, -0.15) is 0 Å². The molecule has 0 N–H and O–H groups in total. The molecule has 0 heterocycles. The van der Waals surface area contributed by atoms with E-state index in [1.54, 1.807) is 0 Å². The SMILES string of the molecule is CC\C=C/C=C\C=C/C=C\C=C/CCCC(=O)OC(COC(=O)CCCCCCCCCCCC)COC(=O)CCCCCCCCCCCCCCCCCC. The topological polar surface area (TPSA) is 78.9 Å². The zero-order chi connectivity index (χ0) is 41.5. The molecule has 0 aromatic rings. The van der Waals surface area contributed by atoms with Crippen LogP contribution in [0.2, 0.25) is 0 Å². The van der Waals surface area contributed by atoms with Gasteiger partial charge in [-0.3, -0.25) is 14.4 Å². The summed E-state index contributed by atoms with van der Waals surface area (Å²) in [5.41, 5.74) is 0. The summed E-state index contributed by atoms with van der Waals surface area (Å²) in [5, 5.41) is 0. The first-order chi connectivity index (χ1) is 28.0. The number of esters is 3. The van der Waals surface area contributed by atoms with E-state index in [0.717, 1.165) is 51.4 Å². The van der Waals surface area contributed by atoms with Crippen LogP contribution in [-0.4, -0.2) is 37.2 Å². The van der Waals surface area contributed by atoms with Crippen molar-refractivity contribution in [2.45, 2.75) is 232 Å². The molecule has 0 radical (unpaired) electrons. The number of carbonyl (C=O) groups excluding carboxylic acids is 3. The lowest BCUT2D eigenvalue weighted by Gasteiger charge is -2.18. The van der Waals surface area contributed by atoms with E-state index in [1.807, 2.05) is 54.7 Å². The Bertz CT molecular complexity index is 1050. The first-order valence-corrected chi connectivity index (χ1v) is 23.9. The van der Waals surface area contributed by atoms with E-state index in [2.05, 4.69) is 26.8 Å². The Balaban J connectivity index is 4.43. The number of ether oxygens (including phenoxy) is 3. The Morgan fingerprint density at radius 3 is 1.05 bits per heavy atom. The van der Waals surface area contributed by atoms with E-state index >= 15 is 0 Å². The van der Waals surface area contributed by atoms with Crippen LogP contribution >= 0.6 is 0 Å². The van der Waals surface area contributed by atoms with Crippen LogP contribution < -0.4 is 0 Å². The zero-order valence-electron chi connectivity index (χ0n) is 37.3. The molecule has 57 heavy (non-hydrogen) atoms. The molecule has 0 aromatic heterocycles. The van der Waals surface area contributed by atoms with Crippen LogP contribution in [0.25, 0.3) is 0 Å². The number of hydrogen-bond donors (Lipinski definition) is 0. The van der Waals surface area contributed by atoms with Crippen LogP contribution in [0.3, 0.4) is 0 Å². The lowest BCUT2D eigenvalue weighted by molar-refractivity contribution is -0.167.